The molecule has 1 rings (SSSR count). The van der Waals surface area contributed by atoms with Crippen molar-refractivity contribution in [2.45, 2.75) is 19.1 Å². The van der Waals surface area contributed by atoms with E-state index in [2.05, 4.69) is 15.4 Å². The van der Waals surface area contributed by atoms with Gasteiger partial charge >= 0.3 is 6.18 Å². The molecule has 2 N–H and O–H groups in total. The van der Waals surface area contributed by atoms with Crippen LogP contribution in [0.3, 0.4) is 0 Å². The number of rotatable bonds is 6. The highest BCUT2D eigenvalue weighted by atomic mass is 19.4. The lowest BCUT2D eigenvalue weighted by atomic mass is 10.1. The molecule has 0 aliphatic heterocycles. The van der Waals surface area contributed by atoms with Gasteiger partial charge in [-0.25, -0.2) is 0 Å². The van der Waals surface area contributed by atoms with Gasteiger partial charge in [-0.15, -0.1) is 0 Å². The third kappa shape index (κ3) is 6.03. The van der Waals surface area contributed by atoms with Gasteiger partial charge in [-0.3, -0.25) is 4.79 Å². The standard InChI is InChI=1S/C13H17F3N2O2/c1-9(17-2)10-3-5-11(6-4-10)18-12(19)7-20-8-13(14,15)16/h3-6,9,17H,7-8H2,1-2H3,(H,18,19). The molecule has 0 aliphatic rings. The average molecular weight is 290 g/mol. The van der Waals surface area contributed by atoms with Crippen LogP contribution in [0.2, 0.25) is 0 Å². The van der Waals surface area contributed by atoms with Gasteiger partial charge in [0.15, 0.2) is 0 Å². The summed E-state index contributed by atoms with van der Waals surface area (Å²) < 4.78 is 39.7. The van der Waals surface area contributed by atoms with E-state index in [1.807, 2.05) is 26.1 Å². The molecule has 112 valence electrons. The quantitative estimate of drug-likeness (QED) is 0.846. The molecular weight excluding hydrogens is 273 g/mol. The lowest BCUT2D eigenvalue weighted by Gasteiger charge is -2.12. The Morgan fingerprint density at radius 1 is 1.30 bits per heavy atom. The molecular formula is C13H17F3N2O2. The van der Waals surface area contributed by atoms with E-state index < -0.39 is 25.3 Å². The monoisotopic (exact) mass is 290 g/mol. The van der Waals surface area contributed by atoms with Crippen LogP contribution in [0.4, 0.5) is 18.9 Å². The number of hydrogen-bond acceptors (Lipinski definition) is 3. The maximum Gasteiger partial charge on any atom is 0.411 e. The lowest BCUT2D eigenvalue weighted by Crippen LogP contribution is -2.24. The van der Waals surface area contributed by atoms with E-state index in [0.29, 0.717) is 5.69 Å². The van der Waals surface area contributed by atoms with Gasteiger partial charge in [-0.05, 0) is 31.7 Å². The van der Waals surface area contributed by atoms with Gasteiger partial charge in [0.2, 0.25) is 5.91 Å². The van der Waals surface area contributed by atoms with E-state index in [1.165, 1.54) is 0 Å². The second-order valence-corrected chi connectivity index (χ2v) is 4.29. The number of alkyl halides is 3. The number of ether oxygens (including phenoxy) is 1. The summed E-state index contributed by atoms with van der Waals surface area (Å²) >= 11 is 0. The van der Waals surface area contributed by atoms with Gasteiger partial charge in [0.1, 0.15) is 13.2 Å². The van der Waals surface area contributed by atoms with Crippen molar-refractivity contribution in [3.05, 3.63) is 29.8 Å². The van der Waals surface area contributed by atoms with Crippen LogP contribution in [0.1, 0.15) is 18.5 Å². The Morgan fingerprint density at radius 3 is 2.40 bits per heavy atom. The summed E-state index contributed by atoms with van der Waals surface area (Å²) in [5.41, 5.74) is 1.55. The molecule has 0 aliphatic carbocycles. The topological polar surface area (TPSA) is 50.4 Å². The molecule has 0 spiro atoms. The first-order valence-corrected chi connectivity index (χ1v) is 6.03. The van der Waals surface area contributed by atoms with Crippen molar-refractivity contribution < 1.29 is 22.7 Å². The van der Waals surface area contributed by atoms with Gasteiger partial charge in [0.25, 0.3) is 0 Å². The number of halogens is 3. The SMILES string of the molecule is CNC(C)c1ccc(NC(=O)COCC(F)(F)F)cc1. The van der Waals surface area contributed by atoms with E-state index in [9.17, 15) is 18.0 Å². The number of carbonyl (C=O) groups is 1. The zero-order valence-corrected chi connectivity index (χ0v) is 11.3. The Labute approximate surface area is 115 Å². The molecule has 1 amide bonds. The van der Waals surface area contributed by atoms with Gasteiger partial charge in [0.05, 0.1) is 0 Å². The molecule has 1 aromatic rings. The van der Waals surface area contributed by atoms with E-state index >= 15 is 0 Å². The number of hydrogen-bond donors (Lipinski definition) is 2. The Hall–Kier alpha value is -1.60. The molecule has 7 heteroatoms. The smallest absolute Gasteiger partial charge is 0.362 e. The second-order valence-electron chi connectivity index (χ2n) is 4.29. The molecule has 0 saturated carbocycles. The van der Waals surface area contributed by atoms with Crippen LogP contribution in [-0.2, 0) is 9.53 Å². The fourth-order valence-corrected chi connectivity index (χ4v) is 1.48. The minimum absolute atomic E-state index is 0.176. The largest absolute Gasteiger partial charge is 0.411 e. The van der Waals surface area contributed by atoms with E-state index in [-0.39, 0.29) is 6.04 Å². The minimum atomic E-state index is -4.43. The number of amides is 1. The zero-order valence-electron chi connectivity index (χ0n) is 11.3. The van der Waals surface area contributed by atoms with Gasteiger partial charge in [-0.2, -0.15) is 13.2 Å². The van der Waals surface area contributed by atoms with Crippen molar-refractivity contribution in [2.75, 3.05) is 25.6 Å². The predicted molar refractivity (Wildman–Crippen MR) is 69.4 cm³/mol. The molecule has 0 heterocycles. The van der Waals surface area contributed by atoms with Gasteiger partial charge in [-0.1, -0.05) is 12.1 Å². The maximum atomic E-state index is 11.8. The van der Waals surface area contributed by atoms with Crippen molar-refractivity contribution in [3.8, 4) is 0 Å². The van der Waals surface area contributed by atoms with E-state index in [0.717, 1.165) is 5.56 Å². The highest BCUT2D eigenvalue weighted by molar-refractivity contribution is 5.91. The van der Waals surface area contributed by atoms with Crippen LogP contribution in [0.25, 0.3) is 0 Å². The summed E-state index contributed by atoms with van der Waals surface area (Å²) in [5, 5.41) is 5.53. The third-order valence-electron chi connectivity index (χ3n) is 2.63. The normalized spacial score (nSPS) is 13.1. The highest BCUT2D eigenvalue weighted by Crippen LogP contribution is 2.16. The fraction of sp³-hybridized carbons (Fsp3) is 0.462. The summed E-state index contributed by atoms with van der Waals surface area (Å²) in [7, 11) is 1.83. The lowest BCUT2D eigenvalue weighted by molar-refractivity contribution is -0.174. The Morgan fingerprint density at radius 2 is 1.90 bits per heavy atom. The highest BCUT2D eigenvalue weighted by Gasteiger charge is 2.27. The number of nitrogens with one attached hydrogen (secondary N) is 2. The van der Waals surface area contributed by atoms with Gasteiger partial charge in [0, 0.05) is 11.7 Å². The summed E-state index contributed by atoms with van der Waals surface area (Å²) in [4.78, 5) is 11.4. The molecule has 0 radical (unpaired) electrons. The summed E-state index contributed by atoms with van der Waals surface area (Å²) in [5.74, 6) is -0.622. The number of carbonyl (C=O) groups excluding carboxylic acids is 1. The van der Waals surface area contributed by atoms with Crippen molar-refractivity contribution in [1.82, 2.24) is 5.32 Å². The van der Waals surface area contributed by atoms with Crippen LogP contribution >= 0.6 is 0 Å². The Bertz CT molecular complexity index is 432. The molecule has 0 bridgehead atoms. The maximum absolute atomic E-state index is 11.8. The molecule has 0 saturated heterocycles. The van der Waals surface area contributed by atoms with Gasteiger partial charge < -0.3 is 15.4 Å². The molecule has 0 aromatic heterocycles. The number of anilines is 1. The Balaban J connectivity index is 2.42. The van der Waals surface area contributed by atoms with Crippen LogP contribution in [-0.4, -0.2) is 32.3 Å². The Kier molecular flexibility index (Phi) is 5.97. The number of benzene rings is 1. The minimum Gasteiger partial charge on any atom is -0.362 e. The molecule has 1 unspecified atom stereocenters. The first kappa shape index (κ1) is 16.5. The molecule has 20 heavy (non-hydrogen) atoms. The van der Waals surface area contributed by atoms with E-state index in [4.69, 9.17) is 0 Å². The zero-order chi connectivity index (χ0) is 15.2. The van der Waals surface area contributed by atoms with Crippen LogP contribution in [0, 0.1) is 0 Å². The van der Waals surface area contributed by atoms with Crippen molar-refractivity contribution in [3.63, 3.8) is 0 Å². The van der Waals surface area contributed by atoms with Crippen molar-refractivity contribution >= 4 is 11.6 Å². The molecule has 0 fully saturated rings. The van der Waals surface area contributed by atoms with Crippen LogP contribution in [0.5, 0.6) is 0 Å². The summed E-state index contributed by atoms with van der Waals surface area (Å²) in [6.45, 7) is -0.0776. The van der Waals surface area contributed by atoms with E-state index in [1.54, 1.807) is 12.1 Å². The van der Waals surface area contributed by atoms with Crippen LogP contribution < -0.4 is 10.6 Å². The molecule has 1 aromatic carbocycles. The second kappa shape index (κ2) is 7.25. The van der Waals surface area contributed by atoms with Crippen LogP contribution in [0.15, 0.2) is 24.3 Å². The third-order valence-corrected chi connectivity index (χ3v) is 2.63. The van der Waals surface area contributed by atoms with Crippen molar-refractivity contribution in [2.24, 2.45) is 0 Å². The average Bonchev–Trinajstić information content (AvgIpc) is 2.37. The first-order valence-electron chi connectivity index (χ1n) is 6.03. The molecule has 4 nitrogen and oxygen atoms in total. The predicted octanol–water partition coefficient (Wildman–Crippen LogP) is 2.48. The molecule has 1 atom stereocenters. The summed E-state index contributed by atoms with van der Waals surface area (Å²) in [6.07, 6.45) is -4.43. The first-order chi connectivity index (χ1) is 9.31. The fourth-order valence-electron chi connectivity index (χ4n) is 1.48. The summed E-state index contributed by atoms with van der Waals surface area (Å²) in [6, 6.07) is 7.20. The van der Waals surface area contributed by atoms with Crippen molar-refractivity contribution in [1.29, 1.82) is 0 Å².